The fraction of sp³-hybridized carbons (Fsp3) is 0.333. The van der Waals surface area contributed by atoms with Crippen molar-refractivity contribution in [2.24, 2.45) is 0 Å². The van der Waals surface area contributed by atoms with Crippen LogP contribution in [0.15, 0.2) is 12.1 Å². The van der Waals surface area contributed by atoms with Gasteiger partial charge in [-0.05, 0) is 19.2 Å². The molecule has 0 radical (unpaired) electrons. The van der Waals surface area contributed by atoms with Crippen molar-refractivity contribution in [3.8, 4) is 0 Å². The van der Waals surface area contributed by atoms with Crippen LogP contribution >= 0.6 is 11.6 Å². The second kappa shape index (κ2) is 4.59. The Morgan fingerprint density at radius 1 is 1.64 bits per heavy atom. The summed E-state index contributed by atoms with van der Waals surface area (Å²) < 4.78 is 13.4. The molecule has 0 aliphatic rings. The van der Waals surface area contributed by atoms with Gasteiger partial charge in [-0.1, -0.05) is 11.6 Å². The first-order valence-electron chi connectivity index (χ1n) is 4.12. The summed E-state index contributed by atoms with van der Waals surface area (Å²) in [7, 11) is 1.63. The molecule has 0 aliphatic heterocycles. The fourth-order valence-electron chi connectivity index (χ4n) is 1.19. The van der Waals surface area contributed by atoms with Crippen LogP contribution in [0.2, 0.25) is 5.02 Å². The molecule has 0 spiro atoms. The van der Waals surface area contributed by atoms with Crippen LogP contribution in [0.5, 0.6) is 0 Å². The van der Waals surface area contributed by atoms with Crippen molar-refractivity contribution < 1.29 is 9.50 Å². The Morgan fingerprint density at radius 3 is 2.79 bits per heavy atom. The van der Waals surface area contributed by atoms with E-state index in [0.717, 1.165) is 6.07 Å². The van der Waals surface area contributed by atoms with E-state index < -0.39 is 11.9 Å². The average molecular weight is 219 g/mol. The number of rotatable bonds is 3. The first kappa shape index (κ1) is 11.2. The number of aliphatic hydroxyl groups is 1. The van der Waals surface area contributed by atoms with Crippen molar-refractivity contribution in [1.29, 1.82) is 0 Å². The molecule has 1 rings (SSSR count). The van der Waals surface area contributed by atoms with Gasteiger partial charge >= 0.3 is 0 Å². The Hall–Kier alpha value is -0.840. The molecule has 14 heavy (non-hydrogen) atoms. The average Bonchev–Trinajstić information content (AvgIpc) is 2.15. The van der Waals surface area contributed by atoms with E-state index in [-0.39, 0.29) is 17.3 Å². The van der Waals surface area contributed by atoms with Gasteiger partial charge in [-0.3, -0.25) is 0 Å². The molecule has 1 unspecified atom stereocenters. The molecule has 0 fully saturated rings. The van der Waals surface area contributed by atoms with Crippen molar-refractivity contribution in [3.63, 3.8) is 0 Å². The highest BCUT2D eigenvalue weighted by molar-refractivity contribution is 6.33. The van der Waals surface area contributed by atoms with E-state index in [1.807, 2.05) is 0 Å². The first-order valence-corrected chi connectivity index (χ1v) is 4.50. The third-order valence-corrected chi connectivity index (χ3v) is 2.35. The second-order valence-corrected chi connectivity index (χ2v) is 3.33. The van der Waals surface area contributed by atoms with Crippen LogP contribution in [0.4, 0.5) is 10.1 Å². The first-order chi connectivity index (χ1) is 6.60. The maximum Gasteiger partial charge on any atom is 0.130 e. The van der Waals surface area contributed by atoms with Crippen molar-refractivity contribution >= 4 is 17.3 Å². The number of nitrogen functional groups attached to an aromatic ring is 1. The molecule has 1 atom stereocenters. The molecule has 0 saturated heterocycles. The molecule has 3 nitrogen and oxygen atoms in total. The molecular weight excluding hydrogens is 207 g/mol. The smallest absolute Gasteiger partial charge is 0.130 e. The zero-order valence-electron chi connectivity index (χ0n) is 7.72. The number of anilines is 1. The van der Waals surface area contributed by atoms with E-state index in [9.17, 15) is 4.39 Å². The van der Waals surface area contributed by atoms with Crippen LogP contribution in [-0.4, -0.2) is 18.8 Å². The molecule has 0 amide bonds. The Bertz CT molecular complexity index is 329. The highest BCUT2D eigenvalue weighted by Gasteiger charge is 2.14. The van der Waals surface area contributed by atoms with Crippen LogP contribution in [0.3, 0.4) is 0 Å². The molecule has 0 aliphatic carbocycles. The van der Waals surface area contributed by atoms with Gasteiger partial charge in [0.05, 0.1) is 23.4 Å². The number of nitrogens with two attached hydrogens (primary N) is 1. The summed E-state index contributed by atoms with van der Waals surface area (Å²) in [5, 5.41) is 12.0. The van der Waals surface area contributed by atoms with Crippen molar-refractivity contribution in [2.45, 2.75) is 6.04 Å². The fourth-order valence-corrected chi connectivity index (χ4v) is 1.36. The third kappa shape index (κ3) is 2.15. The minimum absolute atomic E-state index is 0.195. The Labute approximate surface area is 86.7 Å². The minimum Gasteiger partial charge on any atom is -0.397 e. The molecule has 5 heteroatoms. The number of hydrogen-bond acceptors (Lipinski definition) is 3. The lowest BCUT2D eigenvalue weighted by Gasteiger charge is -2.15. The van der Waals surface area contributed by atoms with Gasteiger partial charge in [0.25, 0.3) is 0 Å². The highest BCUT2D eigenvalue weighted by Crippen LogP contribution is 2.26. The van der Waals surface area contributed by atoms with Gasteiger partial charge < -0.3 is 16.2 Å². The monoisotopic (exact) mass is 218 g/mol. The zero-order valence-corrected chi connectivity index (χ0v) is 8.48. The maximum atomic E-state index is 13.4. The van der Waals surface area contributed by atoms with Crippen LogP contribution < -0.4 is 11.1 Å². The number of benzene rings is 1. The summed E-state index contributed by atoms with van der Waals surface area (Å²) in [6, 6.07) is 2.11. The standard InChI is InChI=1S/C9H12ClFN2O/c1-13-9(4-14)5-2-6(10)8(12)3-7(5)11/h2-3,9,13-14H,4,12H2,1H3. The van der Waals surface area contributed by atoms with Gasteiger partial charge in [-0.25, -0.2) is 4.39 Å². The van der Waals surface area contributed by atoms with E-state index in [1.165, 1.54) is 6.07 Å². The van der Waals surface area contributed by atoms with Gasteiger partial charge in [-0.2, -0.15) is 0 Å². The van der Waals surface area contributed by atoms with E-state index in [1.54, 1.807) is 7.05 Å². The molecule has 0 aromatic heterocycles. The molecule has 0 heterocycles. The van der Waals surface area contributed by atoms with Gasteiger partial charge in [0, 0.05) is 5.56 Å². The van der Waals surface area contributed by atoms with Crippen LogP contribution in [-0.2, 0) is 0 Å². The van der Waals surface area contributed by atoms with Crippen LogP contribution in [0.25, 0.3) is 0 Å². The Kier molecular flexibility index (Phi) is 3.69. The van der Waals surface area contributed by atoms with Gasteiger partial charge in [0.1, 0.15) is 5.82 Å². The summed E-state index contributed by atoms with van der Waals surface area (Å²) >= 11 is 5.74. The number of halogens is 2. The molecule has 1 aromatic rings. The summed E-state index contributed by atoms with van der Waals surface area (Å²) in [6.07, 6.45) is 0. The van der Waals surface area contributed by atoms with E-state index in [0.29, 0.717) is 5.56 Å². The molecular formula is C9H12ClFN2O. The van der Waals surface area contributed by atoms with E-state index in [4.69, 9.17) is 22.4 Å². The molecule has 0 bridgehead atoms. The lowest BCUT2D eigenvalue weighted by molar-refractivity contribution is 0.248. The predicted octanol–water partition coefficient (Wildman–Crippen LogP) is 1.31. The zero-order chi connectivity index (χ0) is 10.7. The van der Waals surface area contributed by atoms with Gasteiger partial charge in [-0.15, -0.1) is 0 Å². The number of nitrogens with one attached hydrogen (secondary N) is 1. The van der Waals surface area contributed by atoms with Crippen LogP contribution in [0, 0.1) is 5.82 Å². The number of hydrogen-bond donors (Lipinski definition) is 3. The third-order valence-electron chi connectivity index (χ3n) is 2.02. The summed E-state index contributed by atoms with van der Waals surface area (Å²) in [6.45, 7) is -0.201. The second-order valence-electron chi connectivity index (χ2n) is 2.92. The van der Waals surface area contributed by atoms with Crippen molar-refractivity contribution in [3.05, 3.63) is 28.5 Å². The molecule has 1 aromatic carbocycles. The largest absolute Gasteiger partial charge is 0.397 e. The lowest BCUT2D eigenvalue weighted by Crippen LogP contribution is -2.21. The highest BCUT2D eigenvalue weighted by atomic mass is 35.5. The quantitative estimate of drug-likeness (QED) is 0.671. The Balaban J connectivity index is 3.14. The van der Waals surface area contributed by atoms with Crippen LogP contribution in [0.1, 0.15) is 11.6 Å². The normalized spacial score (nSPS) is 12.9. The van der Waals surface area contributed by atoms with E-state index in [2.05, 4.69) is 5.32 Å². The molecule has 4 N–H and O–H groups in total. The van der Waals surface area contributed by atoms with Crippen molar-refractivity contribution in [2.75, 3.05) is 19.4 Å². The Morgan fingerprint density at radius 2 is 2.29 bits per heavy atom. The molecule has 78 valence electrons. The lowest BCUT2D eigenvalue weighted by atomic mass is 10.1. The number of likely N-dealkylation sites (N-methyl/N-ethyl adjacent to an activating group) is 1. The number of aliphatic hydroxyl groups excluding tert-OH is 1. The minimum atomic E-state index is -0.472. The van der Waals surface area contributed by atoms with Gasteiger partial charge in [0.2, 0.25) is 0 Å². The van der Waals surface area contributed by atoms with E-state index >= 15 is 0 Å². The van der Waals surface area contributed by atoms with Gasteiger partial charge in [0.15, 0.2) is 0 Å². The van der Waals surface area contributed by atoms with Crippen molar-refractivity contribution in [1.82, 2.24) is 5.32 Å². The summed E-state index contributed by atoms with van der Waals surface area (Å²) in [4.78, 5) is 0. The summed E-state index contributed by atoms with van der Waals surface area (Å²) in [5.41, 5.74) is 5.93. The maximum absolute atomic E-state index is 13.4. The SMILES string of the molecule is CNC(CO)c1cc(Cl)c(N)cc1F. The topological polar surface area (TPSA) is 58.3 Å². The molecule has 0 saturated carbocycles. The predicted molar refractivity (Wildman–Crippen MR) is 54.7 cm³/mol. The summed E-state index contributed by atoms with van der Waals surface area (Å²) in [5.74, 6) is -0.472.